The van der Waals surface area contributed by atoms with Crippen LogP contribution in [0, 0.1) is 5.92 Å². The molecule has 0 aliphatic heterocycles. The zero-order valence-electron chi connectivity index (χ0n) is 10.5. The molecule has 4 heteroatoms. The summed E-state index contributed by atoms with van der Waals surface area (Å²) in [5, 5.41) is 3.45. The Bertz CT molecular complexity index is 357. The van der Waals surface area contributed by atoms with Crippen molar-refractivity contribution in [3.8, 4) is 5.75 Å². The van der Waals surface area contributed by atoms with Crippen molar-refractivity contribution in [3.63, 3.8) is 0 Å². The lowest BCUT2D eigenvalue weighted by atomic mass is 10.1. The highest BCUT2D eigenvalue weighted by Gasteiger charge is 2.12. The van der Waals surface area contributed by atoms with E-state index in [2.05, 4.69) is 41.2 Å². The van der Waals surface area contributed by atoms with Crippen LogP contribution in [0.2, 0.25) is 0 Å². The molecule has 17 heavy (non-hydrogen) atoms. The zero-order chi connectivity index (χ0) is 12.8. The standard InChI is InChI=1S/C13H19BrClNO/c1-9(2)12(7-15)16-8-10-6-11(14)4-5-13(10)17-3/h4-6,9,12,16H,7-8H2,1-3H3. The molecule has 1 aromatic carbocycles. The highest BCUT2D eigenvalue weighted by atomic mass is 79.9. The van der Waals surface area contributed by atoms with Crippen LogP contribution in [0.15, 0.2) is 22.7 Å². The second-order valence-electron chi connectivity index (χ2n) is 4.34. The van der Waals surface area contributed by atoms with E-state index >= 15 is 0 Å². The van der Waals surface area contributed by atoms with Gasteiger partial charge in [0.25, 0.3) is 0 Å². The number of hydrogen-bond donors (Lipinski definition) is 1. The Morgan fingerprint density at radius 1 is 1.41 bits per heavy atom. The first-order chi connectivity index (χ1) is 8.08. The fourth-order valence-electron chi connectivity index (χ4n) is 1.59. The van der Waals surface area contributed by atoms with Gasteiger partial charge in [0.15, 0.2) is 0 Å². The number of rotatable bonds is 6. The zero-order valence-corrected chi connectivity index (χ0v) is 12.8. The molecule has 1 rings (SSSR count). The Labute approximate surface area is 117 Å². The van der Waals surface area contributed by atoms with E-state index in [1.165, 1.54) is 0 Å². The van der Waals surface area contributed by atoms with E-state index in [0.29, 0.717) is 17.8 Å². The molecule has 0 fully saturated rings. The van der Waals surface area contributed by atoms with Gasteiger partial charge in [-0.05, 0) is 24.1 Å². The van der Waals surface area contributed by atoms with Crippen LogP contribution in [0.5, 0.6) is 5.75 Å². The molecule has 96 valence electrons. The summed E-state index contributed by atoms with van der Waals surface area (Å²) in [7, 11) is 1.69. The van der Waals surface area contributed by atoms with Gasteiger partial charge in [-0.3, -0.25) is 0 Å². The lowest BCUT2D eigenvalue weighted by Crippen LogP contribution is -2.34. The van der Waals surface area contributed by atoms with Crippen LogP contribution in [0.1, 0.15) is 19.4 Å². The Morgan fingerprint density at radius 3 is 2.65 bits per heavy atom. The monoisotopic (exact) mass is 319 g/mol. The second-order valence-corrected chi connectivity index (χ2v) is 5.57. The third-order valence-corrected chi connectivity index (χ3v) is 3.59. The van der Waals surface area contributed by atoms with Gasteiger partial charge in [-0.2, -0.15) is 0 Å². The van der Waals surface area contributed by atoms with Crippen LogP contribution in [-0.4, -0.2) is 19.0 Å². The number of halogens is 2. The number of methoxy groups -OCH3 is 1. The van der Waals surface area contributed by atoms with Gasteiger partial charge in [-0.1, -0.05) is 29.8 Å². The van der Waals surface area contributed by atoms with Gasteiger partial charge in [-0.25, -0.2) is 0 Å². The normalized spacial score (nSPS) is 12.8. The van der Waals surface area contributed by atoms with Crippen LogP contribution in [0.3, 0.4) is 0 Å². The first-order valence-corrected chi connectivity index (χ1v) is 7.03. The van der Waals surface area contributed by atoms with E-state index in [-0.39, 0.29) is 0 Å². The Kier molecular flexibility index (Phi) is 6.31. The van der Waals surface area contributed by atoms with Crippen molar-refractivity contribution in [1.82, 2.24) is 5.32 Å². The second kappa shape index (κ2) is 7.24. The van der Waals surface area contributed by atoms with E-state index in [4.69, 9.17) is 16.3 Å². The van der Waals surface area contributed by atoms with E-state index in [1.54, 1.807) is 7.11 Å². The van der Waals surface area contributed by atoms with Crippen molar-refractivity contribution in [1.29, 1.82) is 0 Å². The van der Waals surface area contributed by atoms with Gasteiger partial charge in [-0.15, -0.1) is 11.6 Å². The minimum Gasteiger partial charge on any atom is -0.496 e. The molecule has 1 atom stereocenters. The Hall–Kier alpha value is -0.250. The predicted molar refractivity (Wildman–Crippen MR) is 76.9 cm³/mol. The third kappa shape index (κ3) is 4.49. The molecule has 1 N–H and O–H groups in total. The van der Waals surface area contributed by atoms with Gasteiger partial charge in [0.2, 0.25) is 0 Å². The molecule has 0 aromatic heterocycles. The van der Waals surface area contributed by atoms with Gasteiger partial charge in [0.05, 0.1) is 7.11 Å². The topological polar surface area (TPSA) is 21.3 Å². The minimum absolute atomic E-state index is 0.320. The summed E-state index contributed by atoms with van der Waals surface area (Å²) in [6.45, 7) is 5.09. The maximum atomic E-state index is 5.93. The highest BCUT2D eigenvalue weighted by molar-refractivity contribution is 9.10. The van der Waals surface area contributed by atoms with Crippen LogP contribution < -0.4 is 10.1 Å². The van der Waals surface area contributed by atoms with E-state index in [1.807, 2.05) is 12.1 Å². The number of alkyl halides is 1. The molecule has 2 nitrogen and oxygen atoms in total. The fourth-order valence-corrected chi connectivity index (χ4v) is 2.47. The first-order valence-electron chi connectivity index (χ1n) is 5.70. The lowest BCUT2D eigenvalue weighted by molar-refractivity contribution is 0.396. The maximum absolute atomic E-state index is 5.93. The van der Waals surface area contributed by atoms with Crippen molar-refractivity contribution in [3.05, 3.63) is 28.2 Å². The summed E-state index contributed by atoms with van der Waals surface area (Å²) in [6, 6.07) is 6.33. The molecule has 1 unspecified atom stereocenters. The highest BCUT2D eigenvalue weighted by Crippen LogP contribution is 2.23. The molecular formula is C13H19BrClNO. The number of ether oxygens (including phenoxy) is 1. The summed E-state index contributed by atoms with van der Waals surface area (Å²) in [6.07, 6.45) is 0. The maximum Gasteiger partial charge on any atom is 0.123 e. The Morgan fingerprint density at radius 2 is 2.12 bits per heavy atom. The van der Waals surface area contributed by atoms with Crippen LogP contribution in [-0.2, 0) is 6.54 Å². The van der Waals surface area contributed by atoms with E-state index < -0.39 is 0 Å². The summed E-state index contributed by atoms with van der Waals surface area (Å²) in [5.41, 5.74) is 1.14. The largest absolute Gasteiger partial charge is 0.496 e. The number of hydrogen-bond acceptors (Lipinski definition) is 2. The van der Waals surface area contributed by atoms with E-state index in [0.717, 1.165) is 22.3 Å². The molecule has 0 spiro atoms. The fraction of sp³-hybridized carbons (Fsp3) is 0.538. The van der Waals surface area contributed by atoms with Crippen molar-refractivity contribution in [2.24, 2.45) is 5.92 Å². The molecule has 0 radical (unpaired) electrons. The van der Waals surface area contributed by atoms with Crippen LogP contribution in [0.4, 0.5) is 0 Å². The summed E-state index contributed by atoms with van der Waals surface area (Å²) in [4.78, 5) is 0. The molecule has 0 aliphatic rings. The minimum atomic E-state index is 0.320. The predicted octanol–water partition coefficient (Wildman–Crippen LogP) is 3.81. The average molecular weight is 321 g/mol. The van der Waals surface area contributed by atoms with Crippen molar-refractivity contribution >= 4 is 27.5 Å². The van der Waals surface area contributed by atoms with Crippen LogP contribution >= 0.6 is 27.5 Å². The summed E-state index contributed by atoms with van der Waals surface area (Å²) < 4.78 is 6.39. The van der Waals surface area contributed by atoms with Crippen molar-refractivity contribution in [2.75, 3.05) is 13.0 Å². The van der Waals surface area contributed by atoms with Crippen molar-refractivity contribution < 1.29 is 4.74 Å². The van der Waals surface area contributed by atoms with Crippen LogP contribution in [0.25, 0.3) is 0 Å². The van der Waals surface area contributed by atoms with Crippen molar-refractivity contribution in [2.45, 2.75) is 26.4 Å². The average Bonchev–Trinajstić information content (AvgIpc) is 2.29. The molecule has 0 heterocycles. The SMILES string of the molecule is COc1ccc(Br)cc1CNC(CCl)C(C)C. The molecular weight excluding hydrogens is 302 g/mol. The quantitative estimate of drug-likeness (QED) is 0.805. The Balaban J connectivity index is 2.70. The first kappa shape index (κ1) is 14.8. The molecule has 0 amide bonds. The third-order valence-electron chi connectivity index (χ3n) is 2.77. The molecule has 1 aromatic rings. The molecule has 0 saturated carbocycles. The molecule has 0 aliphatic carbocycles. The molecule has 0 saturated heterocycles. The number of nitrogens with one attached hydrogen (secondary N) is 1. The lowest BCUT2D eigenvalue weighted by Gasteiger charge is -2.20. The van der Waals surface area contributed by atoms with Gasteiger partial charge >= 0.3 is 0 Å². The molecule has 0 bridgehead atoms. The van der Waals surface area contributed by atoms with Gasteiger partial charge < -0.3 is 10.1 Å². The number of benzene rings is 1. The van der Waals surface area contributed by atoms with E-state index in [9.17, 15) is 0 Å². The smallest absolute Gasteiger partial charge is 0.123 e. The summed E-state index contributed by atoms with van der Waals surface area (Å²) >= 11 is 9.40. The summed E-state index contributed by atoms with van der Waals surface area (Å²) in [5.74, 6) is 2.04. The van der Waals surface area contributed by atoms with Gasteiger partial charge in [0, 0.05) is 28.5 Å². The van der Waals surface area contributed by atoms with Gasteiger partial charge in [0.1, 0.15) is 5.75 Å².